The molecule has 5 nitrogen and oxygen atoms in total. The van der Waals surface area contributed by atoms with Crippen LogP contribution in [0, 0.1) is 11.2 Å². The Balaban J connectivity index is 1.49. The summed E-state index contributed by atoms with van der Waals surface area (Å²) in [5.41, 5.74) is 2.26. The molecule has 40 heavy (non-hydrogen) atoms. The first-order chi connectivity index (χ1) is 19.4. The molecule has 2 aromatic carbocycles. The van der Waals surface area contributed by atoms with Gasteiger partial charge in [-0.25, -0.2) is 4.39 Å². The third-order valence-electron chi connectivity index (χ3n) is 8.55. The molecule has 0 bridgehead atoms. The van der Waals surface area contributed by atoms with E-state index >= 15 is 4.39 Å². The van der Waals surface area contributed by atoms with Crippen molar-refractivity contribution >= 4 is 11.9 Å². The van der Waals surface area contributed by atoms with Gasteiger partial charge in [-0.3, -0.25) is 14.5 Å². The van der Waals surface area contributed by atoms with Crippen molar-refractivity contribution in [2.24, 2.45) is 5.41 Å². The highest BCUT2D eigenvalue weighted by Gasteiger charge is 2.60. The zero-order valence-electron chi connectivity index (χ0n) is 24.6. The zero-order chi connectivity index (χ0) is 28.5. The van der Waals surface area contributed by atoms with E-state index in [0.717, 1.165) is 36.8 Å². The fourth-order valence-corrected chi connectivity index (χ4v) is 6.30. The number of carbonyl (C=O) groups excluding carboxylic acids is 2. The van der Waals surface area contributed by atoms with Crippen molar-refractivity contribution in [3.8, 4) is 11.1 Å². The second-order valence-corrected chi connectivity index (χ2v) is 11.4. The number of carbonyl (C=O) groups is 2. The smallest absolute Gasteiger partial charge is 0.325 e. The molecule has 0 spiro atoms. The minimum atomic E-state index is -1.33. The summed E-state index contributed by atoms with van der Waals surface area (Å²) in [4.78, 5) is 28.8. The van der Waals surface area contributed by atoms with Gasteiger partial charge in [0.25, 0.3) is 0 Å². The number of benzene rings is 2. The number of nitrogens with zero attached hydrogens (tertiary/aromatic N) is 1. The topological polar surface area (TPSA) is 55.8 Å². The van der Waals surface area contributed by atoms with Crippen molar-refractivity contribution in [1.82, 2.24) is 4.90 Å². The van der Waals surface area contributed by atoms with Gasteiger partial charge in [0.1, 0.15) is 5.82 Å². The summed E-state index contributed by atoms with van der Waals surface area (Å²) in [6.45, 7) is 6.64. The van der Waals surface area contributed by atoms with E-state index in [-0.39, 0.29) is 31.1 Å². The molecule has 2 aliphatic carbocycles. The Morgan fingerprint density at radius 2 is 1.52 bits per heavy atom. The van der Waals surface area contributed by atoms with Crippen molar-refractivity contribution in [3.05, 3.63) is 59.4 Å². The predicted octanol–water partition coefficient (Wildman–Crippen LogP) is 7.64. The highest BCUT2D eigenvalue weighted by molar-refractivity contribution is 6.01. The Labute approximate surface area is 239 Å². The van der Waals surface area contributed by atoms with Crippen LogP contribution in [-0.2, 0) is 32.0 Å². The standard InChI is InChI=1S/C34H46FNO4/c1-4-7-8-9-10-12-25-14-17-27(18-15-25)29-21-16-26(23-30(29)35)24-36(28-19-20-28)31-13-11-22-34(31,32(37)39-5-2)33(38)40-6-3/h14-18,21,23,28,31H,4-13,19-20,22,24H2,1-3H3. The van der Waals surface area contributed by atoms with Crippen molar-refractivity contribution in [3.63, 3.8) is 0 Å². The highest BCUT2D eigenvalue weighted by Crippen LogP contribution is 2.47. The lowest BCUT2D eigenvalue weighted by Gasteiger charge is -2.38. The fourth-order valence-electron chi connectivity index (χ4n) is 6.30. The molecule has 1 atom stereocenters. The Kier molecular flexibility index (Phi) is 10.8. The van der Waals surface area contributed by atoms with Crippen LogP contribution in [-0.4, -0.2) is 42.1 Å². The maximum Gasteiger partial charge on any atom is 0.325 e. The van der Waals surface area contributed by atoms with Crippen LogP contribution in [0.15, 0.2) is 42.5 Å². The third kappa shape index (κ3) is 6.94. The molecule has 0 aliphatic heterocycles. The van der Waals surface area contributed by atoms with Gasteiger partial charge in [0, 0.05) is 24.2 Å². The molecule has 0 radical (unpaired) electrons. The monoisotopic (exact) mass is 551 g/mol. The number of halogens is 1. The third-order valence-corrected chi connectivity index (χ3v) is 8.55. The van der Waals surface area contributed by atoms with E-state index < -0.39 is 17.4 Å². The predicted molar refractivity (Wildman–Crippen MR) is 156 cm³/mol. The Hall–Kier alpha value is -2.73. The summed E-state index contributed by atoms with van der Waals surface area (Å²) in [5.74, 6) is -1.24. The second-order valence-electron chi connectivity index (χ2n) is 11.4. The van der Waals surface area contributed by atoms with Crippen LogP contribution < -0.4 is 0 Å². The van der Waals surface area contributed by atoms with Gasteiger partial charge in [0.2, 0.25) is 0 Å². The van der Waals surface area contributed by atoms with Gasteiger partial charge in [0.15, 0.2) is 5.41 Å². The molecule has 2 aromatic rings. The minimum Gasteiger partial charge on any atom is -0.465 e. The van der Waals surface area contributed by atoms with Crippen LogP contribution in [0.2, 0.25) is 0 Å². The lowest BCUT2D eigenvalue weighted by atomic mass is 9.81. The zero-order valence-corrected chi connectivity index (χ0v) is 24.6. The van der Waals surface area contributed by atoms with Crippen molar-refractivity contribution < 1.29 is 23.5 Å². The van der Waals surface area contributed by atoms with E-state index in [1.807, 2.05) is 24.3 Å². The Morgan fingerprint density at radius 3 is 2.12 bits per heavy atom. The highest BCUT2D eigenvalue weighted by atomic mass is 19.1. The maximum absolute atomic E-state index is 15.4. The fraction of sp³-hybridized carbons (Fsp3) is 0.588. The molecule has 2 aliphatic rings. The van der Waals surface area contributed by atoms with Gasteiger partial charge in [-0.15, -0.1) is 0 Å². The van der Waals surface area contributed by atoms with Gasteiger partial charge in [-0.1, -0.05) is 75.4 Å². The average Bonchev–Trinajstić information content (AvgIpc) is 3.70. The molecule has 6 heteroatoms. The van der Waals surface area contributed by atoms with Crippen LogP contribution in [0.4, 0.5) is 4.39 Å². The molecule has 4 rings (SSSR count). The Bertz CT molecular complexity index is 1110. The molecule has 0 aromatic heterocycles. The molecule has 2 saturated carbocycles. The van der Waals surface area contributed by atoms with Crippen LogP contribution >= 0.6 is 0 Å². The summed E-state index contributed by atoms with van der Waals surface area (Å²) in [7, 11) is 0. The van der Waals surface area contributed by atoms with Gasteiger partial charge < -0.3 is 9.47 Å². The number of hydrogen-bond acceptors (Lipinski definition) is 5. The molecular formula is C34H46FNO4. The number of aryl methyl sites for hydroxylation is 1. The van der Waals surface area contributed by atoms with Crippen LogP contribution in [0.25, 0.3) is 11.1 Å². The molecule has 0 N–H and O–H groups in total. The van der Waals surface area contributed by atoms with Crippen LogP contribution in [0.1, 0.15) is 96.1 Å². The molecule has 0 saturated heterocycles. The summed E-state index contributed by atoms with van der Waals surface area (Å²) in [6, 6.07) is 13.6. The van der Waals surface area contributed by atoms with Gasteiger partial charge >= 0.3 is 11.9 Å². The van der Waals surface area contributed by atoms with Crippen molar-refractivity contribution in [1.29, 1.82) is 0 Å². The second kappa shape index (κ2) is 14.2. The summed E-state index contributed by atoms with van der Waals surface area (Å²) < 4.78 is 26.3. The number of rotatable bonds is 15. The maximum atomic E-state index is 15.4. The molecule has 218 valence electrons. The van der Waals surface area contributed by atoms with Gasteiger partial charge in [-0.2, -0.15) is 0 Å². The summed E-state index contributed by atoms with van der Waals surface area (Å²) in [5, 5.41) is 0. The van der Waals surface area contributed by atoms with Crippen molar-refractivity contribution in [2.75, 3.05) is 13.2 Å². The lowest BCUT2D eigenvalue weighted by Crippen LogP contribution is -2.55. The SMILES string of the molecule is CCCCCCCc1ccc(-c2ccc(CN(C3CC3)C3CCCC3(C(=O)OCC)C(=O)OCC)cc2F)cc1. The summed E-state index contributed by atoms with van der Waals surface area (Å²) >= 11 is 0. The van der Waals surface area contributed by atoms with E-state index in [2.05, 4.69) is 24.0 Å². The normalized spacial score (nSPS) is 18.2. The Morgan fingerprint density at radius 1 is 0.875 bits per heavy atom. The van der Waals surface area contributed by atoms with E-state index in [1.165, 1.54) is 37.7 Å². The summed E-state index contributed by atoms with van der Waals surface area (Å²) in [6.07, 6.45) is 11.2. The van der Waals surface area contributed by atoms with E-state index in [1.54, 1.807) is 19.9 Å². The van der Waals surface area contributed by atoms with Gasteiger partial charge in [-0.05, 0) is 75.1 Å². The molecule has 0 amide bonds. The van der Waals surface area contributed by atoms with E-state index in [4.69, 9.17) is 9.47 Å². The number of ether oxygens (including phenoxy) is 2. The van der Waals surface area contributed by atoms with E-state index in [0.29, 0.717) is 24.9 Å². The number of esters is 2. The number of hydrogen-bond donors (Lipinski definition) is 0. The largest absolute Gasteiger partial charge is 0.465 e. The molecule has 2 fully saturated rings. The van der Waals surface area contributed by atoms with E-state index in [9.17, 15) is 9.59 Å². The number of unbranched alkanes of at least 4 members (excludes halogenated alkanes) is 4. The lowest BCUT2D eigenvalue weighted by molar-refractivity contribution is -0.176. The van der Waals surface area contributed by atoms with Crippen LogP contribution in [0.5, 0.6) is 0 Å². The molecule has 1 unspecified atom stereocenters. The quantitative estimate of drug-likeness (QED) is 0.129. The minimum absolute atomic E-state index is 0.211. The molecule has 0 heterocycles. The van der Waals surface area contributed by atoms with Gasteiger partial charge in [0.05, 0.1) is 13.2 Å². The molecular weight excluding hydrogens is 505 g/mol. The van der Waals surface area contributed by atoms with Crippen LogP contribution in [0.3, 0.4) is 0 Å². The first kappa shape index (κ1) is 30.2. The first-order valence-corrected chi connectivity index (χ1v) is 15.4. The first-order valence-electron chi connectivity index (χ1n) is 15.4. The average molecular weight is 552 g/mol. The van der Waals surface area contributed by atoms with Crippen molar-refractivity contribution in [2.45, 2.75) is 110 Å².